The van der Waals surface area contributed by atoms with Crippen molar-refractivity contribution in [2.24, 2.45) is 0 Å². The van der Waals surface area contributed by atoms with E-state index in [0.29, 0.717) is 43.9 Å². The first kappa shape index (κ1) is 26.6. The normalized spacial score (nSPS) is 18.0. The molecule has 3 aliphatic rings. The van der Waals surface area contributed by atoms with Crippen LogP contribution in [0.15, 0.2) is 96.6 Å². The summed E-state index contributed by atoms with van der Waals surface area (Å²) in [6, 6.07) is 22.0. The molecule has 1 atom stereocenters. The number of carboxylic acids is 1. The van der Waals surface area contributed by atoms with Crippen LogP contribution in [0.1, 0.15) is 39.0 Å². The van der Waals surface area contributed by atoms with Crippen molar-refractivity contribution in [1.29, 1.82) is 0 Å². The van der Waals surface area contributed by atoms with Gasteiger partial charge in [0.2, 0.25) is 0 Å². The van der Waals surface area contributed by atoms with Gasteiger partial charge >= 0.3 is 5.97 Å². The highest BCUT2D eigenvalue weighted by Gasteiger charge is 2.23. The Labute approximate surface area is 239 Å². The largest absolute Gasteiger partial charge is 0.491 e. The van der Waals surface area contributed by atoms with Crippen LogP contribution in [0.4, 0.5) is 5.69 Å². The summed E-state index contributed by atoms with van der Waals surface area (Å²) in [7, 11) is 0. The zero-order valence-corrected chi connectivity index (χ0v) is 22.7. The number of nitrogens with zero attached hydrogens (tertiary/aromatic N) is 1. The summed E-state index contributed by atoms with van der Waals surface area (Å²) < 4.78 is 11.7. The average Bonchev–Trinajstić information content (AvgIpc) is 3.36. The number of nitrogens with one attached hydrogen (secondary N) is 1. The van der Waals surface area contributed by atoms with Crippen LogP contribution in [-0.4, -0.2) is 42.8 Å². The topological polar surface area (TPSA) is 88.1 Å². The van der Waals surface area contributed by atoms with Crippen molar-refractivity contribution in [3.8, 4) is 5.75 Å². The number of allylic oxidation sites excluding steroid dienone is 5. The Kier molecular flexibility index (Phi) is 7.69. The van der Waals surface area contributed by atoms with E-state index in [1.54, 1.807) is 12.2 Å². The monoisotopic (exact) mass is 548 g/mol. The molecule has 1 unspecified atom stereocenters. The molecule has 2 heterocycles. The SMILES string of the molecule is O=C(O)C1=CC=CC=C(c2ccc(CN3CCOCc4cc(C(=O)NC5COc6ccccc6C5)ccc43)cc2)C1. The molecule has 0 saturated carbocycles. The molecule has 41 heavy (non-hydrogen) atoms. The maximum Gasteiger partial charge on any atom is 0.331 e. The Bertz CT molecular complexity index is 1550. The fraction of sp³-hybridized carbons (Fsp3) is 0.235. The van der Waals surface area contributed by atoms with Crippen molar-refractivity contribution in [1.82, 2.24) is 5.32 Å². The minimum atomic E-state index is -0.893. The molecule has 1 amide bonds. The lowest BCUT2D eigenvalue weighted by atomic mass is 9.97. The third kappa shape index (κ3) is 6.10. The molecule has 7 heteroatoms. The third-order valence-corrected chi connectivity index (χ3v) is 7.72. The summed E-state index contributed by atoms with van der Waals surface area (Å²) >= 11 is 0. The first-order valence-electron chi connectivity index (χ1n) is 13.9. The van der Waals surface area contributed by atoms with Gasteiger partial charge in [-0.3, -0.25) is 4.79 Å². The van der Waals surface area contributed by atoms with Gasteiger partial charge in [-0.05, 0) is 52.9 Å². The average molecular weight is 549 g/mol. The number of carbonyl (C=O) groups is 2. The van der Waals surface area contributed by atoms with Gasteiger partial charge in [0.1, 0.15) is 12.4 Å². The molecular formula is C34H32N2O5. The number of ether oxygens (including phenoxy) is 2. The van der Waals surface area contributed by atoms with Gasteiger partial charge in [0.05, 0.1) is 19.3 Å². The first-order valence-corrected chi connectivity index (χ1v) is 13.9. The van der Waals surface area contributed by atoms with Gasteiger partial charge in [0.15, 0.2) is 0 Å². The van der Waals surface area contributed by atoms with Crippen LogP contribution < -0.4 is 15.0 Å². The standard InChI is InChI=1S/C34H32N2O5/c37-33(35-30-19-26-6-3-4-8-32(26)41-22-30)27-13-14-31-29(18-27)21-40-16-15-36(31)20-23-9-11-24(12-10-23)25-5-1-2-7-28(17-25)34(38)39/h1-14,18,30H,15-17,19-22H2,(H,35,37)(H,38,39). The predicted octanol–water partition coefficient (Wildman–Crippen LogP) is 5.31. The van der Waals surface area contributed by atoms with Gasteiger partial charge < -0.3 is 24.8 Å². The zero-order valence-electron chi connectivity index (χ0n) is 22.7. The zero-order chi connectivity index (χ0) is 28.2. The second kappa shape index (κ2) is 11.9. The Hall–Kier alpha value is -4.62. The lowest BCUT2D eigenvalue weighted by molar-refractivity contribution is -0.132. The van der Waals surface area contributed by atoms with Gasteiger partial charge in [0, 0.05) is 41.9 Å². The third-order valence-electron chi connectivity index (χ3n) is 7.72. The Morgan fingerprint density at radius 3 is 2.66 bits per heavy atom. The van der Waals surface area contributed by atoms with E-state index < -0.39 is 5.97 Å². The molecule has 3 aromatic rings. The first-order chi connectivity index (χ1) is 20.0. The van der Waals surface area contributed by atoms with E-state index in [2.05, 4.69) is 34.5 Å². The smallest absolute Gasteiger partial charge is 0.331 e. The van der Waals surface area contributed by atoms with Crippen LogP contribution in [-0.2, 0) is 29.1 Å². The lowest BCUT2D eigenvalue weighted by Crippen LogP contribution is -2.42. The number of rotatable bonds is 6. The molecule has 0 aromatic heterocycles. The van der Waals surface area contributed by atoms with Gasteiger partial charge in [-0.2, -0.15) is 0 Å². The fourth-order valence-corrected chi connectivity index (χ4v) is 5.54. The lowest BCUT2D eigenvalue weighted by Gasteiger charge is -2.27. The number of benzene rings is 3. The molecule has 2 aliphatic heterocycles. The minimum Gasteiger partial charge on any atom is -0.491 e. The molecule has 0 saturated heterocycles. The van der Waals surface area contributed by atoms with E-state index in [1.807, 2.05) is 54.6 Å². The van der Waals surface area contributed by atoms with Crippen molar-refractivity contribution < 1.29 is 24.2 Å². The maximum absolute atomic E-state index is 13.1. The van der Waals surface area contributed by atoms with E-state index in [-0.39, 0.29) is 11.9 Å². The van der Waals surface area contributed by atoms with Crippen LogP contribution in [0.5, 0.6) is 5.75 Å². The number of aliphatic carboxylic acids is 1. The Morgan fingerprint density at radius 1 is 0.976 bits per heavy atom. The van der Waals surface area contributed by atoms with E-state index in [9.17, 15) is 14.7 Å². The van der Waals surface area contributed by atoms with Gasteiger partial charge in [-0.15, -0.1) is 0 Å². The number of carbonyl (C=O) groups excluding carboxylic acids is 1. The number of para-hydroxylation sites is 1. The van der Waals surface area contributed by atoms with E-state index >= 15 is 0 Å². The number of hydrogen-bond donors (Lipinski definition) is 2. The fourth-order valence-electron chi connectivity index (χ4n) is 5.54. The summed E-state index contributed by atoms with van der Waals surface area (Å²) in [6.45, 7) is 2.93. The summed E-state index contributed by atoms with van der Waals surface area (Å²) in [5.41, 5.74) is 7.26. The Balaban J connectivity index is 1.13. The molecule has 3 aromatic carbocycles. The van der Waals surface area contributed by atoms with Crippen LogP contribution in [0.25, 0.3) is 5.57 Å². The molecule has 0 radical (unpaired) electrons. The summed E-state index contributed by atoms with van der Waals surface area (Å²) in [5, 5.41) is 12.6. The van der Waals surface area contributed by atoms with E-state index in [4.69, 9.17) is 9.47 Å². The highest BCUT2D eigenvalue weighted by atomic mass is 16.5. The molecule has 0 bridgehead atoms. The van der Waals surface area contributed by atoms with Crippen molar-refractivity contribution >= 4 is 23.1 Å². The molecule has 1 aliphatic carbocycles. The number of carboxylic acid groups (broad SMARTS) is 1. The van der Waals surface area contributed by atoms with Crippen molar-refractivity contribution in [3.63, 3.8) is 0 Å². The summed E-state index contributed by atoms with van der Waals surface area (Å²) in [6.07, 6.45) is 8.39. The van der Waals surface area contributed by atoms with Crippen LogP contribution in [0.2, 0.25) is 0 Å². The van der Waals surface area contributed by atoms with Gasteiger partial charge in [-0.25, -0.2) is 4.79 Å². The van der Waals surface area contributed by atoms with Crippen LogP contribution in [0.3, 0.4) is 0 Å². The van der Waals surface area contributed by atoms with E-state index in [1.165, 1.54) is 0 Å². The van der Waals surface area contributed by atoms with Crippen LogP contribution in [0, 0.1) is 0 Å². The molecule has 6 rings (SSSR count). The molecule has 0 spiro atoms. The second-order valence-electron chi connectivity index (χ2n) is 10.6. The number of amides is 1. The summed E-state index contributed by atoms with van der Waals surface area (Å²) in [4.78, 5) is 26.9. The Morgan fingerprint density at radius 2 is 1.80 bits per heavy atom. The van der Waals surface area contributed by atoms with Crippen molar-refractivity contribution in [2.75, 3.05) is 24.7 Å². The van der Waals surface area contributed by atoms with Gasteiger partial charge in [-0.1, -0.05) is 66.8 Å². The molecular weight excluding hydrogens is 516 g/mol. The predicted molar refractivity (Wildman–Crippen MR) is 158 cm³/mol. The van der Waals surface area contributed by atoms with E-state index in [0.717, 1.165) is 52.2 Å². The quantitative estimate of drug-likeness (QED) is 0.434. The highest BCUT2D eigenvalue weighted by molar-refractivity contribution is 5.95. The molecule has 7 nitrogen and oxygen atoms in total. The second-order valence-corrected chi connectivity index (χ2v) is 10.6. The number of fused-ring (bicyclic) bond motifs is 2. The highest BCUT2D eigenvalue weighted by Crippen LogP contribution is 2.29. The van der Waals surface area contributed by atoms with Crippen molar-refractivity contribution in [2.45, 2.75) is 32.0 Å². The van der Waals surface area contributed by atoms with Crippen LogP contribution >= 0.6 is 0 Å². The molecule has 2 N–H and O–H groups in total. The van der Waals surface area contributed by atoms with Gasteiger partial charge in [0.25, 0.3) is 5.91 Å². The minimum absolute atomic E-state index is 0.0801. The molecule has 0 fully saturated rings. The number of hydrogen-bond acceptors (Lipinski definition) is 5. The maximum atomic E-state index is 13.1. The van der Waals surface area contributed by atoms with Crippen molar-refractivity contribution in [3.05, 3.63) is 124 Å². The molecule has 208 valence electrons. The summed E-state index contributed by atoms with van der Waals surface area (Å²) in [5.74, 6) is -0.121. The number of anilines is 1.